The lowest BCUT2D eigenvalue weighted by Crippen LogP contribution is -2.14. The van der Waals surface area contributed by atoms with E-state index in [2.05, 4.69) is 4.99 Å². The maximum absolute atomic E-state index is 12.8. The number of carbonyl (C=O) groups excluding carboxylic acids is 2. The Balaban J connectivity index is 3.62. The summed E-state index contributed by atoms with van der Waals surface area (Å²) < 4.78 is 1.82. The van der Waals surface area contributed by atoms with Gasteiger partial charge in [-0.2, -0.15) is 0 Å². The fourth-order valence-corrected chi connectivity index (χ4v) is 3.77. The van der Waals surface area contributed by atoms with Gasteiger partial charge in [0.15, 0.2) is 5.78 Å². The Bertz CT molecular complexity index is 829. The zero-order valence-corrected chi connectivity index (χ0v) is 17.0. The SMILES string of the molecule is CC/C(C)=C(\Sc1c(C=NC)c(C(C)=O)n(C)c1C)C(=O)C(N)=CC=N. The van der Waals surface area contributed by atoms with Gasteiger partial charge in [-0.25, -0.2) is 0 Å². The summed E-state index contributed by atoms with van der Waals surface area (Å²) in [5, 5.41) is 7.13. The molecule has 1 heterocycles. The van der Waals surface area contributed by atoms with Crippen molar-refractivity contribution in [1.82, 2.24) is 4.57 Å². The maximum atomic E-state index is 12.8. The van der Waals surface area contributed by atoms with Crippen LogP contribution in [0.15, 0.2) is 32.1 Å². The average molecular weight is 375 g/mol. The molecule has 0 amide bonds. The molecule has 0 unspecified atom stereocenters. The van der Waals surface area contributed by atoms with Gasteiger partial charge in [-0.3, -0.25) is 14.6 Å². The first-order valence-corrected chi connectivity index (χ1v) is 9.03. The van der Waals surface area contributed by atoms with Gasteiger partial charge in [0.05, 0.1) is 16.3 Å². The van der Waals surface area contributed by atoms with Gasteiger partial charge < -0.3 is 15.7 Å². The number of aromatic nitrogens is 1. The summed E-state index contributed by atoms with van der Waals surface area (Å²) in [6.45, 7) is 7.27. The van der Waals surface area contributed by atoms with Crippen molar-refractivity contribution in [3.8, 4) is 0 Å². The lowest BCUT2D eigenvalue weighted by atomic mass is 10.1. The van der Waals surface area contributed by atoms with Crippen molar-refractivity contribution >= 4 is 35.8 Å². The second kappa shape index (κ2) is 9.33. The van der Waals surface area contributed by atoms with Crippen LogP contribution in [-0.2, 0) is 11.8 Å². The number of hydrogen-bond acceptors (Lipinski definition) is 6. The van der Waals surface area contributed by atoms with Gasteiger partial charge in [0.2, 0.25) is 5.78 Å². The zero-order chi connectivity index (χ0) is 20.0. The molecule has 0 bridgehead atoms. The molecule has 0 atom stereocenters. The van der Waals surface area contributed by atoms with E-state index in [9.17, 15) is 9.59 Å². The minimum atomic E-state index is -0.315. The molecule has 1 aromatic heterocycles. The van der Waals surface area contributed by atoms with Crippen molar-refractivity contribution in [2.75, 3.05) is 7.05 Å². The molecule has 0 saturated heterocycles. The van der Waals surface area contributed by atoms with E-state index in [0.717, 1.165) is 22.4 Å². The number of nitrogens with two attached hydrogens (primary N) is 1. The van der Waals surface area contributed by atoms with E-state index in [1.54, 1.807) is 13.3 Å². The summed E-state index contributed by atoms with van der Waals surface area (Å²) in [5.74, 6) is -0.380. The van der Waals surface area contributed by atoms with Gasteiger partial charge in [0.25, 0.3) is 0 Å². The summed E-state index contributed by atoms with van der Waals surface area (Å²) >= 11 is 1.30. The topological polar surface area (TPSA) is 101 Å². The van der Waals surface area contributed by atoms with Crippen LogP contribution in [0.2, 0.25) is 0 Å². The summed E-state index contributed by atoms with van der Waals surface area (Å²) in [6.07, 6.45) is 4.60. The maximum Gasteiger partial charge on any atom is 0.215 e. The summed E-state index contributed by atoms with van der Waals surface area (Å²) in [5.41, 5.74) is 8.86. The van der Waals surface area contributed by atoms with Gasteiger partial charge in [-0.05, 0) is 26.3 Å². The second-order valence-corrected chi connectivity index (χ2v) is 6.88. The van der Waals surface area contributed by atoms with Crippen LogP contribution < -0.4 is 5.73 Å². The predicted molar refractivity (Wildman–Crippen MR) is 109 cm³/mol. The molecule has 0 aliphatic rings. The number of Topliss-reactive ketones (excluding diaryl/α,β-unsaturated/α-hetero) is 2. The first-order valence-electron chi connectivity index (χ1n) is 8.22. The summed E-state index contributed by atoms with van der Waals surface area (Å²) in [4.78, 5) is 30.3. The normalized spacial score (nSPS) is 13.1. The van der Waals surface area contributed by atoms with Crippen molar-refractivity contribution in [3.05, 3.63) is 39.2 Å². The highest BCUT2D eigenvalue weighted by molar-refractivity contribution is 8.04. The van der Waals surface area contributed by atoms with Crippen LogP contribution in [0.1, 0.15) is 48.9 Å². The van der Waals surface area contributed by atoms with E-state index in [1.807, 2.05) is 32.4 Å². The molecule has 1 aromatic rings. The smallest absolute Gasteiger partial charge is 0.215 e. The standard InChI is InChI=1S/C19H26N4O2S/c1-7-11(2)18(17(25)15(21)8-9-20)26-19-12(3)23(6)16(13(4)24)14(19)10-22-5/h8-10,20H,7,21H2,1-6H3/b15-8?,18-11-,20-9?,22-10?. The van der Waals surface area contributed by atoms with Crippen LogP contribution in [0.3, 0.4) is 0 Å². The highest BCUT2D eigenvalue weighted by atomic mass is 32.2. The summed E-state index contributed by atoms with van der Waals surface area (Å²) in [7, 11) is 3.47. The monoisotopic (exact) mass is 374 g/mol. The van der Waals surface area contributed by atoms with Crippen LogP contribution >= 0.6 is 11.8 Å². The Labute approximate surface area is 158 Å². The molecule has 26 heavy (non-hydrogen) atoms. The van der Waals surface area contributed by atoms with Crippen LogP contribution in [0, 0.1) is 12.3 Å². The number of aliphatic imine (C=N–C) groups is 1. The van der Waals surface area contributed by atoms with E-state index in [-0.39, 0.29) is 17.3 Å². The molecular formula is C19H26N4O2S. The molecular weight excluding hydrogens is 348 g/mol. The number of nitrogens with one attached hydrogen (secondary N) is 1. The van der Waals surface area contributed by atoms with E-state index in [0.29, 0.717) is 22.6 Å². The van der Waals surface area contributed by atoms with Crippen LogP contribution in [-0.4, -0.2) is 35.6 Å². The van der Waals surface area contributed by atoms with Crippen molar-refractivity contribution in [1.29, 1.82) is 5.41 Å². The fraction of sp³-hybridized carbons (Fsp3) is 0.368. The minimum Gasteiger partial charge on any atom is -0.395 e. The molecule has 7 heteroatoms. The van der Waals surface area contributed by atoms with Crippen LogP contribution in [0.25, 0.3) is 0 Å². The van der Waals surface area contributed by atoms with Gasteiger partial charge in [-0.1, -0.05) is 24.3 Å². The van der Waals surface area contributed by atoms with Gasteiger partial charge in [-0.15, -0.1) is 0 Å². The number of thioether (sulfide) groups is 1. The molecule has 0 radical (unpaired) electrons. The number of hydrogen-bond donors (Lipinski definition) is 2. The van der Waals surface area contributed by atoms with Crippen molar-refractivity contribution in [2.45, 2.75) is 39.0 Å². The molecule has 0 saturated carbocycles. The molecule has 6 nitrogen and oxygen atoms in total. The lowest BCUT2D eigenvalue weighted by molar-refractivity contribution is -0.111. The lowest BCUT2D eigenvalue weighted by Gasteiger charge is -2.11. The number of rotatable bonds is 8. The first kappa shape index (κ1) is 21.6. The quantitative estimate of drug-likeness (QED) is 0.315. The highest BCUT2D eigenvalue weighted by Crippen LogP contribution is 2.38. The molecule has 0 spiro atoms. The second-order valence-electron chi connectivity index (χ2n) is 5.86. The molecule has 0 fully saturated rings. The average Bonchev–Trinajstić information content (AvgIpc) is 2.83. The third-order valence-corrected chi connectivity index (χ3v) is 5.57. The van der Waals surface area contributed by atoms with Crippen LogP contribution in [0.4, 0.5) is 0 Å². The highest BCUT2D eigenvalue weighted by Gasteiger charge is 2.25. The Hall–Kier alpha value is -2.41. The third-order valence-electron chi connectivity index (χ3n) is 4.11. The van der Waals surface area contributed by atoms with E-state index < -0.39 is 0 Å². The molecule has 0 aliphatic heterocycles. The van der Waals surface area contributed by atoms with Gasteiger partial charge in [0.1, 0.15) is 0 Å². The Morgan fingerprint density at radius 2 is 1.96 bits per heavy atom. The van der Waals surface area contributed by atoms with Crippen LogP contribution in [0.5, 0.6) is 0 Å². The number of nitrogens with zero attached hydrogens (tertiary/aromatic N) is 2. The largest absolute Gasteiger partial charge is 0.395 e. The Kier molecular flexibility index (Phi) is 7.76. The molecule has 1 rings (SSSR count). The molecule has 0 aromatic carbocycles. The zero-order valence-electron chi connectivity index (χ0n) is 16.1. The van der Waals surface area contributed by atoms with E-state index >= 15 is 0 Å². The van der Waals surface area contributed by atoms with Crippen molar-refractivity contribution in [3.63, 3.8) is 0 Å². The number of ketones is 2. The van der Waals surface area contributed by atoms with Crippen molar-refractivity contribution < 1.29 is 9.59 Å². The van der Waals surface area contributed by atoms with E-state index in [1.165, 1.54) is 24.8 Å². The van der Waals surface area contributed by atoms with E-state index in [4.69, 9.17) is 11.1 Å². The molecule has 0 aliphatic carbocycles. The number of allylic oxidation sites excluding steroid dienone is 3. The Morgan fingerprint density at radius 3 is 2.42 bits per heavy atom. The minimum absolute atomic E-state index is 0.0152. The molecule has 3 N–H and O–H groups in total. The Morgan fingerprint density at radius 1 is 1.35 bits per heavy atom. The van der Waals surface area contributed by atoms with Crippen molar-refractivity contribution in [2.24, 2.45) is 17.8 Å². The predicted octanol–water partition coefficient (Wildman–Crippen LogP) is 3.42. The van der Waals surface area contributed by atoms with Gasteiger partial charge >= 0.3 is 0 Å². The summed E-state index contributed by atoms with van der Waals surface area (Å²) in [6, 6.07) is 0. The first-order chi connectivity index (χ1) is 12.2. The molecule has 140 valence electrons. The number of carbonyl (C=O) groups is 2. The van der Waals surface area contributed by atoms with Gasteiger partial charge in [0, 0.05) is 49.6 Å². The fourth-order valence-electron chi connectivity index (χ4n) is 2.49. The third kappa shape index (κ3) is 4.40.